The Kier molecular flexibility index (Phi) is 10.6. The first-order chi connectivity index (χ1) is 17.1. The molecule has 1 unspecified atom stereocenters. The first-order valence-electron chi connectivity index (χ1n) is 12.2. The molecule has 1 aliphatic rings. The molecule has 1 atom stereocenters. The van der Waals surface area contributed by atoms with Gasteiger partial charge >= 0.3 is 0 Å². The minimum absolute atomic E-state index is 0. The molecule has 7 heteroatoms. The van der Waals surface area contributed by atoms with Crippen molar-refractivity contribution in [2.45, 2.75) is 18.9 Å². The maximum absolute atomic E-state index is 12.8. The van der Waals surface area contributed by atoms with Gasteiger partial charge < -0.3 is 19.5 Å². The Balaban J connectivity index is 0.00000361. The first-order valence-corrected chi connectivity index (χ1v) is 12.2. The molecule has 0 aliphatic carbocycles. The number of carbonyl (C=O) groups is 1. The smallest absolute Gasteiger partial charge is 0.166 e. The van der Waals surface area contributed by atoms with Gasteiger partial charge in [-0.3, -0.25) is 9.69 Å². The van der Waals surface area contributed by atoms with Crippen molar-refractivity contribution in [3.8, 4) is 11.5 Å². The number of ether oxygens (including phenoxy) is 2. The number of methoxy groups -OCH3 is 1. The van der Waals surface area contributed by atoms with Gasteiger partial charge in [-0.2, -0.15) is 0 Å². The lowest BCUT2D eigenvalue weighted by atomic mass is 10.0. The molecule has 192 valence electrons. The number of para-hydroxylation sites is 3. The zero-order valence-corrected chi connectivity index (χ0v) is 21.5. The SMILES string of the molecule is COc1ccccc1N1CCN(CC(O)COc2ccccc2C(=O)CCc2ccccc2)CC1.Cl. The van der Waals surface area contributed by atoms with Crippen molar-refractivity contribution in [1.82, 2.24) is 4.90 Å². The van der Waals surface area contributed by atoms with Crippen molar-refractivity contribution in [3.05, 3.63) is 90.0 Å². The van der Waals surface area contributed by atoms with Crippen molar-refractivity contribution in [1.29, 1.82) is 0 Å². The van der Waals surface area contributed by atoms with Crippen LogP contribution in [0.5, 0.6) is 11.5 Å². The molecule has 3 aromatic rings. The zero-order valence-electron chi connectivity index (χ0n) is 20.7. The van der Waals surface area contributed by atoms with Gasteiger partial charge in [-0.15, -0.1) is 12.4 Å². The number of aliphatic hydroxyl groups is 1. The quantitative estimate of drug-likeness (QED) is 0.383. The van der Waals surface area contributed by atoms with E-state index in [4.69, 9.17) is 9.47 Å². The van der Waals surface area contributed by atoms with Crippen LogP contribution < -0.4 is 14.4 Å². The summed E-state index contributed by atoms with van der Waals surface area (Å²) in [6.45, 7) is 4.12. The Bertz CT molecular complexity index is 1090. The van der Waals surface area contributed by atoms with Gasteiger partial charge in [0.1, 0.15) is 24.2 Å². The summed E-state index contributed by atoms with van der Waals surface area (Å²) in [7, 11) is 1.69. The van der Waals surface area contributed by atoms with Crippen LogP contribution in [0.3, 0.4) is 0 Å². The number of hydrogen-bond acceptors (Lipinski definition) is 6. The predicted molar refractivity (Wildman–Crippen MR) is 146 cm³/mol. The first kappa shape index (κ1) is 27.5. The third-order valence-electron chi connectivity index (χ3n) is 6.37. The van der Waals surface area contributed by atoms with Crippen molar-refractivity contribution in [2.24, 2.45) is 0 Å². The van der Waals surface area contributed by atoms with Crippen molar-refractivity contribution in [3.63, 3.8) is 0 Å². The summed E-state index contributed by atoms with van der Waals surface area (Å²) in [6.07, 6.45) is 0.473. The molecule has 0 aromatic heterocycles. The molecule has 1 N–H and O–H groups in total. The van der Waals surface area contributed by atoms with Gasteiger partial charge in [0.2, 0.25) is 0 Å². The highest BCUT2D eigenvalue weighted by molar-refractivity contribution is 5.98. The number of aliphatic hydroxyl groups excluding tert-OH is 1. The third kappa shape index (κ3) is 7.47. The second kappa shape index (κ2) is 13.9. The van der Waals surface area contributed by atoms with Crippen molar-refractivity contribution in [2.75, 3.05) is 51.3 Å². The molecule has 0 saturated carbocycles. The number of hydrogen-bond donors (Lipinski definition) is 1. The van der Waals surface area contributed by atoms with Crippen LogP contribution in [0.1, 0.15) is 22.3 Å². The maximum atomic E-state index is 12.8. The van der Waals surface area contributed by atoms with E-state index < -0.39 is 6.10 Å². The summed E-state index contributed by atoms with van der Waals surface area (Å²) in [5, 5.41) is 10.6. The highest BCUT2D eigenvalue weighted by atomic mass is 35.5. The third-order valence-corrected chi connectivity index (χ3v) is 6.37. The molecule has 0 bridgehead atoms. The molecule has 0 amide bonds. The molecule has 36 heavy (non-hydrogen) atoms. The number of anilines is 1. The van der Waals surface area contributed by atoms with Crippen molar-refractivity contribution >= 4 is 23.9 Å². The molecule has 1 fully saturated rings. The summed E-state index contributed by atoms with van der Waals surface area (Å²) in [6, 6.07) is 25.4. The lowest BCUT2D eigenvalue weighted by Gasteiger charge is -2.37. The Hall–Kier alpha value is -3.06. The molecule has 1 heterocycles. The topological polar surface area (TPSA) is 62.2 Å². The number of piperazine rings is 1. The Labute approximate surface area is 219 Å². The molecular formula is C29H35ClN2O4. The lowest BCUT2D eigenvalue weighted by molar-refractivity contribution is 0.0655. The fourth-order valence-electron chi connectivity index (χ4n) is 4.46. The minimum atomic E-state index is -0.639. The number of aryl methyl sites for hydroxylation is 1. The molecule has 4 rings (SSSR count). The maximum Gasteiger partial charge on any atom is 0.166 e. The highest BCUT2D eigenvalue weighted by Gasteiger charge is 2.22. The Morgan fingerprint density at radius 3 is 2.25 bits per heavy atom. The van der Waals surface area contributed by atoms with Crippen LogP contribution in [0.4, 0.5) is 5.69 Å². The number of carbonyl (C=O) groups excluding carboxylic acids is 1. The molecule has 1 saturated heterocycles. The van der Waals surface area contributed by atoms with Crippen LogP contribution in [0.15, 0.2) is 78.9 Å². The number of nitrogens with zero attached hydrogens (tertiary/aromatic N) is 2. The van der Waals surface area contributed by atoms with Crippen molar-refractivity contribution < 1.29 is 19.4 Å². The van der Waals surface area contributed by atoms with Gasteiger partial charge in [-0.1, -0.05) is 54.6 Å². The highest BCUT2D eigenvalue weighted by Crippen LogP contribution is 2.28. The lowest BCUT2D eigenvalue weighted by Crippen LogP contribution is -2.49. The van der Waals surface area contributed by atoms with E-state index >= 15 is 0 Å². The second-order valence-corrected chi connectivity index (χ2v) is 8.83. The molecular weight excluding hydrogens is 476 g/mol. The van der Waals surface area contributed by atoms with Crippen LogP contribution in [-0.2, 0) is 6.42 Å². The Morgan fingerprint density at radius 1 is 0.889 bits per heavy atom. The Morgan fingerprint density at radius 2 is 1.53 bits per heavy atom. The van der Waals surface area contributed by atoms with Crippen LogP contribution in [0.2, 0.25) is 0 Å². The number of benzene rings is 3. The van der Waals surface area contributed by atoms with Crippen LogP contribution >= 0.6 is 12.4 Å². The molecule has 6 nitrogen and oxygen atoms in total. The van der Waals surface area contributed by atoms with E-state index in [2.05, 4.69) is 15.9 Å². The average Bonchev–Trinajstić information content (AvgIpc) is 2.91. The van der Waals surface area contributed by atoms with Gasteiger partial charge in [-0.05, 0) is 36.2 Å². The largest absolute Gasteiger partial charge is 0.495 e. The normalized spacial score (nSPS) is 14.6. The summed E-state index contributed by atoms with van der Waals surface area (Å²) in [5.41, 5.74) is 2.81. The van der Waals surface area contributed by atoms with E-state index in [0.29, 0.717) is 30.7 Å². The number of ketones is 1. The van der Waals surface area contributed by atoms with Crippen LogP contribution in [-0.4, -0.2) is 68.3 Å². The van der Waals surface area contributed by atoms with Gasteiger partial charge in [-0.25, -0.2) is 0 Å². The van der Waals surface area contributed by atoms with E-state index in [-0.39, 0.29) is 24.8 Å². The monoisotopic (exact) mass is 510 g/mol. The van der Waals surface area contributed by atoms with E-state index in [1.165, 1.54) is 0 Å². The fraction of sp³-hybridized carbons (Fsp3) is 0.345. The van der Waals surface area contributed by atoms with E-state index in [1.54, 1.807) is 19.2 Å². The second-order valence-electron chi connectivity index (χ2n) is 8.83. The van der Waals surface area contributed by atoms with Gasteiger partial charge in [0, 0.05) is 39.1 Å². The zero-order chi connectivity index (χ0) is 24.5. The summed E-state index contributed by atoms with van der Waals surface area (Å²) < 4.78 is 11.4. The fourth-order valence-corrected chi connectivity index (χ4v) is 4.46. The number of Topliss-reactive ketones (excluding diaryl/α,β-unsaturated/α-hetero) is 1. The summed E-state index contributed by atoms with van der Waals surface area (Å²) in [4.78, 5) is 17.4. The van der Waals surface area contributed by atoms with Crippen LogP contribution in [0.25, 0.3) is 0 Å². The van der Waals surface area contributed by atoms with E-state index in [9.17, 15) is 9.90 Å². The summed E-state index contributed by atoms with van der Waals surface area (Å²) >= 11 is 0. The number of β-amino-alcohol motifs (C(OH)–C–C–N with tert-alkyl or cyclic N) is 1. The van der Waals surface area contributed by atoms with Gasteiger partial charge in [0.25, 0.3) is 0 Å². The number of halogens is 1. The molecule has 3 aromatic carbocycles. The molecule has 0 radical (unpaired) electrons. The van der Waals surface area contributed by atoms with E-state index in [1.807, 2.05) is 60.7 Å². The standard InChI is InChI=1S/C29H34N2O4.ClH/c1-34-29-14-8-6-12-26(29)31-19-17-30(18-20-31)21-24(32)22-35-28-13-7-5-11-25(28)27(33)16-15-23-9-3-2-4-10-23;/h2-14,24,32H,15-22H2,1H3;1H. The van der Waals surface area contributed by atoms with Gasteiger partial charge in [0.15, 0.2) is 5.78 Å². The van der Waals surface area contributed by atoms with Gasteiger partial charge in [0.05, 0.1) is 18.4 Å². The molecule has 0 spiro atoms. The predicted octanol–water partition coefficient (Wildman–Crippen LogP) is 4.49. The van der Waals surface area contributed by atoms with E-state index in [0.717, 1.165) is 43.2 Å². The average molecular weight is 511 g/mol. The van der Waals surface area contributed by atoms with Crippen LogP contribution in [0, 0.1) is 0 Å². The molecule has 1 aliphatic heterocycles. The number of rotatable bonds is 11. The summed E-state index contributed by atoms with van der Waals surface area (Å²) in [5.74, 6) is 1.46. The minimum Gasteiger partial charge on any atom is -0.495 e.